The molecule has 0 aromatic rings. The highest BCUT2D eigenvalue weighted by Crippen LogP contribution is 2.23. The maximum Gasteiger partial charge on any atom is 0.220 e. The van der Waals surface area contributed by atoms with Crippen molar-refractivity contribution in [1.29, 1.82) is 0 Å². The van der Waals surface area contributed by atoms with E-state index < -0.39 is 15.4 Å². The lowest BCUT2D eigenvalue weighted by Gasteiger charge is -2.25. The average Bonchev–Trinajstić information content (AvgIpc) is 2.49. The number of carbonyl (C=O) groups excluding carboxylic acids is 1. The fraction of sp³-hybridized carbons (Fsp3) is 0.909. The summed E-state index contributed by atoms with van der Waals surface area (Å²) in [6.07, 6.45) is 1.74. The van der Waals surface area contributed by atoms with Crippen molar-refractivity contribution >= 4 is 15.7 Å². The molecule has 1 rings (SSSR count). The number of hydrogen-bond acceptors (Lipinski definition) is 4. The predicted octanol–water partition coefficient (Wildman–Crippen LogP) is 0.0548. The van der Waals surface area contributed by atoms with Crippen LogP contribution < -0.4 is 11.1 Å². The third kappa shape index (κ3) is 4.27. The van der Waals surface area contributed by atoms with Crippen LogP contribution in [0.4, 0.5) is 0 Å². The molecule has 1 fully saturated rings. The van der Waals surface area contributed by atoms with Gasteiger partial charge in [-0.15, -0.1) is 0 Å². The smallest absolute Gasteiger partial charge is 0.220 e. The first-order valence-corrected chi connectivity index (χ1v) is 7.84. The normalized spacial score (nSPS) is 28.9. The van der Waals surface area contributed by atoms with Crippen LogP contribution in [0.2, 0.25) is 0 Å². The van der Waals surface area contributed by atoms with Crippen LogP contribution in [-0.4, -0.2) is 37.9 Å². The molecule has 100 valence electrons. The zero-order chi connectivity index (χ0) is 13.1. The molecule has 1 heterocycles. The van der Waals surface area contributed by atoms with E-state index >= 15 is 0 Å². The first-order chi connectivity index (χ1) is 7.80. The molecule has 2 atom stereocenters. The fourth-order valence-electron chi connectivity index (χ4n) is 2.15. The molecule has 0 radical (unpaired) electrons. The summed E-state index contributed by atoms with van der Waals surface area (Å²) in [4.78, 5) is 11.8. The van der Waals surface area contributed by atoms with E-state index in [0.717, 1.165) is 6.42 Å². The van der Waals surface area contributed by atoms with Crippen molar-refractivity contribution < 1.29 is 13.2 Å². The van der Waals surface area contributed by atoms with E-state index in [4.69, 9.17) is 5.73 Å². The molecule has 0 aliphatic carbocycles. The first-order valence-electron chi connectivity index (χ1n) is 6.02. The molecule has 0 aromatic carbocycles. The highest BCUT2D eigenvalue weighted by Gasteiger charge is 2.39. The van der Waals surface area contributed by atoms with Crippen LogP contribution in [0.25, 0.3) is 0 Å². The van der Waals surface area contributed by atoms with Gasteiger partial charge in [0.1, 0.15) is 0 Å². The van der Waals surface area contributed by atoms with Gasteiger partial charge in [-0.1, -0.05) is 13.3 Å². The van der Waals surface area contributed by atoms with Gasteiger partial charge in [-0.05, 0) is 25.8 Å². The van der Waals surface area contributed by atoms with Gasteiger partial charge in [0.25, 0.3) is 0 Å². The van der Waals surface area contributed by atoms with Crippen LogP contribution in [0.1, 0.15) is 33.1 Å². The number of nitrogens with one attached hydrogen (secondary N) is 1. The molecule has 1 amide bonds. The van der Waals surface area contributed by atoms with Gasteiger partial charge in [-0.2, -0.15) is 0 Å². The molecule has 17 heavy (non-hydrogen) atoms. The second kappa shape index (κ2) is 5.35. The molecule has 1 aliphatic rings. The number of carbonyl (C=O) groups is 1. The Hall–Kier alpha value is -0.620. The Morgan fingerprint density at radius 1 is 1.53 bits per heavy atom. The summed E-state index contributed by atoms with van der Waals surface area (Å²) >= 11 is 0. The second-order valence-corrected chi connectivity index (χ2v) is 7.35. The number of nitrogens with two attached hydrogens (primary N) is 1. The van der Waals surface area contributed by atoms with E-state index in [1.165, 1.54) is 0 Å². The minimum Gasteiger partial charge on any atom is -0.350 e. The molecule has 2 unspecified atom stereocenters. The SMILES string of the molecule is CCC(CN)CC(=O)NC1(C)CCS(=O)(=O)C1. The largest absolute Gasteiger partial charge is 0.350 e. The van der Waals surface area contributed by atoms with E-state index in [2.05, 4.69) is 5.32 Å². The number of amides is 1. The van der Waals surface area contributed by atoms with E-state index in [1.807, 2.05) is 6.92 Å². The van der Waals surface area contributed by atoms with Crippen LogP contribution >= 0.6 is 0 Å². The van der Waals surface area contributed by atoms with Gasteiger partial charge in [0.15, 0.2) is 9.84 Å². The van der Waals surface area contributed by atoms with Crippen LogP contribution in [0, 0.1) is 5.92 Å². The minimum absolute atomic E-state index is 0.0468. The lowest BCUT2D eigenvalue weighted by molar-refractivity contribution is -0.123. The first kappa shape index (κ1) is 14.4. The van der Waals surface area contributed by atoms with Crippen LogP contribution in [0.3, 0.4) is 0 Å². The topological polar surface area (TPSA) is 89.3 Å². The summed E-state index contributed by atoms with van der Waals surface area (Å²) in [7, 11) is -2.98. The summed E-state index contributed by atoms with van der Waals surface area (Å²) in [5, 5.41) is 2.84. The van der Waals surface area contributed by atoms with Gasteiger partial charge in [0.05, 0.1) is 17.0 Å². The van der Waals surface area contributed by atoms with Gasteiger partial charge < -0.3 is 11.1 Å². The Kier molecular flexibility index (Phi) is 4.55. The third-order valence-corrected chi connectivity index (χ3v) is 5.23. The Morgan fingerprint density at radius 3 is 2.59 bits per heavy atom. The number of rotatable bonds is 5. The van der Waals surface area contributed by atoms with Crippen molar-refractivity contribution in [3.05, 3.63) is 0 Å². The maximum atomic E-state index is 11.8. The molecule has 0 bridgehead atoms. The van der Waals surface area contributed by atoms with Crippen LogP contribution in [0.5, 0.6) is 0 Å². The molecule has 5 nitrogen and oxygen atoms in total. The van der Waals surface area contributed by atoms with E-state index in [1.54, 1.807) is 6.92 Å². The zero-order valence-corrected chi connectivity index (χ0v) is 11.3. The minimum atomic E-state index is -2.98. The lowest BCUT2D eigenvalue weighted by atomic mass is 9.98. The van der Waals surface area contributed by atoms with Crippen molar-refractivity contribution in [3.8, 4) is 0 Å². The fourth-order valence-corrected chi connectivity index (χ4v) is 4.25. The van der Waals surface area contributed by atoms with E-state index in [9.17, 15) is 13.2 Å². The monoisotopic (exact) mass is 262 g/mol. The Labute approximate surface area is 103 Å². The summed E-state index contributed by atoms with van der Waals surface area (Å²) in [6.45, 7) is 4.27. The maximum absolute atomic E-state index is 11.8. The van der Waals surface area contributed by atoms with Gasteiger partial charge in [0, 0.05) is 6.42 Å². The third-order valence-electron chi connectivity index (χ3n) is 3.33. The molecule has 1 saturated heterocycles. The Balaban J connectivity index is 2.52. The summed E-state index contributed by atoms with van der Waals surface area (Å²) in [5.41, 5.74) is 4.95. The molecular weight excluding hydrogens is 240 g/mol. The number of hydrogen-bond donors (Lipinski definition) is 2. The summed E-state index contributed by atoms with van der Waals surface area (Å²) in [5.74, 6) is 0.293. The Bertz CT molecular complexity index is 376. The highest BCUT2D eigenvalue weighted by atomic mass is 32.2. The molecular formula is C11H22N2O3S. The molecule has 3 N–H and O–H groups in total. The average molecular weight is 262 g/mol. The van der Waals surface area contributed by atoms with Gasteiger partial charge in [-0.25, -0.2) is 8.42 Å². The van der Waals surface area contributed by atoms with Gasteiger partial charge >= 0.3 is 0 Å². The second-order valence-electron chi connectivity index (χ2n) is 5.16. The Morgan fingerprint density at radius 2 is 2.18 bits per heavy atom. The molecule has 6 heteroatoms. The van der Waals surface area contributed by atoms with Crippen LogP contribution in [0.15, 0.2) is 0 Å². The zero-order valence-electron chi connectivity index (χ0n) is 10.5. The van der Waals surface area contributed by atoms with Crippen molar-refractivity contribution in [2.45, 2.75) is 38.6 Å². The summed E-state index contributed by atoms with van der Waals surface area (Å²) < 4.78 is 22.8. The molecule has 0 spiro atoms. The van der Waals surface area contributed by atoms with Gasteiger partial charge in [-0.3, -0.25) is 4.79 Å². The van der Waals surface area contributed by atoms with Crippen LogP contribution in [-0.2, 0) is 14.6 Å². The highest BCUT2D eigenvalue weighted by molar-refractivity contribution is 7.91. The van der Waals surface area contributed by atoms with Crippen molar-refractivity contribution in [2.24, 2.45) is 11.7 Å². The van der Waals surface area contributed by atoms with E-state index in [-0.39, 0.29) is 23.3 Å². The van der Waals surface area contributed by atoms with Crippen molar-refractivity contribution in [3.63, 3.8) is 0 Å². The quantitative estimate of drug-likeness (QED) is 0.733. The lowest BCUT2D eigenvalue weighted by Crippen LogP contribution is -2.47. The summed E-state index contributed by atoms with van der Waals surface area (Å²) in [6, 6.07) is 0. The molecule has 0 aromatic heterocycles. The molecule has 0 saturated carbocycles. The molecule has 1 aliphatic heterocycles. The van der Waals surface area contributed by atoms with Crippen molar-refractivity contribution in [1.82, 2.24) is 5.32 Å². The van der Waals surface area contributed by atoms with Gasteiger partial charge in [0.2, 0.25) is 5.91 Å². The standard InChI is InChI=1S/C11H22N2O3S/c1-3-9(7-12)6-10(14)13-11(2)4-5-17(15,16)8-11/h9H,3-8,12H2,1-2H3,(H,13,14). The predicted molar refractivity (Wildman–Crippen MR) is 67.3 cm³/mol. The van der Waals surface area contributed by atoms with Crippen molar-refractivity contribution in [2.75, 3.05) is 18.1 Å². The van der Waals surface area contributed by atoms with E-state index in [0.29, 0.717) is 19.4 Å². The number of sulfone groups is 1.